The minimum absolute atomic E-state index is 0.00382. The van der Waals surface area contributed by atoms with Crippen LogP contribution in [-0.2, 0) is 9.59 Å². The number of furan rings is 1. The first-order valence-corrected chi connectivity index (χ1v) is 11.9. The normalized spacial score (nSPS) is 17.5. The van der Waals surface area contributed by atoms with Crippen molar-refractivity contribution in [2.24, 2.45) is 0 Å². The summed E-state index contributed by atoms with van der Waals surface area (Å²) in [6.07, 6.45) is 0. The van der Waals surface area contributed by atoms with Gasteiger partial charge in [0.2, 0.25) is 0 Å². The average molecular weight is 474 g/mol. The molecule has 0 spiro atoms. The predicted molar refractivity (Wildman–Crippen MR) is 136 cm³/mol. The van der Waals surface area contributed by atoms with Gasteiger partial charge in [0.1, 0.15) is 29.1 Å². The molecule has 1 aliphatic rings. The Balaban J connectivity index is 1.94. The molecule has 1 aromatic heterocycles. The SMILES string of the molecule is CCOc1ccc(/C(O)=C2/C(=O)C(=O)N(c3cc(C)ccc3C)C2c2ccc(C)o2)cc1C(C)C. The van der Waals surface area contributed by atoms with Gasteiger partial charge < -0.3 is 14.3 Å². The number of nitrogens with zero attached hydrogens (tertiary/aromatic N) is 1. The number of rotatable bonds is 6. The molecule has 0 aliphatic carbocycles. The highest BCUT2D eigenvalue weighted by Crippen LogP contribution is 2.44. The second kappa shape index (κ2) is 9.45. The summed E-state index contributed by atoms with van der Waals surface area (Å²) in [5.41, 5.74) is 3.77. The van der Waals surface area contributed by atoms with Crippen LogP contribution in [0.3, 0.4) is 0 Å². The number of carbonyl (C=O) groups excluding carboxylic acids is 2. The van der Waals surface area contributed by atoms with E-state index in [2.05, 4.69) is 0 Å². The third-order valence-electron chi connectivity index (χ3n) is 6.30. The molecule has 2 aromatic carbocycles. The number of ketones is 1. The van der Waals surface area contributed by atoms with Crippen molar-refractivity contribution < 1.29 is 23.8 Å². The largest absolute Gasteiger partial charge is 0.507 e. The Labute approximate surface area is 205 Å². The van der Waals surface area contributed by atoms with E-state index in [1.807, 2.05) is 58.9 Å². The Bertz CT molecular complexity index is 1330. The summed E-state index contributed by atoms with van der Waals surface area (Å²) in [4.78, 5) is 28.2. The van der Waals surface area contributed by atoms with E-state index in [-0.39, 0.29) is 17.3 Å². The molecule has 3 aromatic rings. The monoisotopic (exact) mass is 473 g/mol. The van der Waals surface area contributed by atoms with Gasteiger partial charge in [-0.3, -0.25) is 14.5 Å². The molecule has 182 valence electrons. The van der Waals surface area contributed by atoms with Gasteiger partial charge in [-0.1, -0.05) is 26.0 Å². The lowest BCUT2D eigenvalue weighted by molar-refractivity contribution is -0.132. The summed E-state index contributed by atoms with van der Waals surface area (Å²) in [5, 5.41) is 11.5. The maximum absolute atomic E-state index is 13.4. The molecule has 2 heterocycles. The quantitative estimate of drug-likeness (QED) is 0.256. The van der Waals surface area contributed by atoms with E-state index < -0.39 is 17.7 Å². The van der Waals surface area contributed by atoms with Crippen LogP contribution in [0.2, 0.25) is 0 Å². The Morgan fingerprint density at radius 1 is 1.06 bits per heavy atom. The molecule has 1 fully saturated rings. The van der Waals surface area contributed by atoms with Crippen LogP contribution >= 0.6 is 0 Å². The summed E-state index contributed by atoms with van der Waals surface area (Å²) in [7, 11) is 0. The molecule has 6 heteroatoms. The van der Waals surface area contributed by atoms with E-state index in [1.54, 1.807) is 31.2 Å². The number of amides is 1. The summed E-state index contributed by atoms with van der Waals surface area (Å²) in [5.74, 6) is 0.240. The van der Waals surface area contributed by atoms with Crippen LogP contribution in [0.4, 0.5) is 5.69 Å². The summed E-state index contributed by atoms with van der Waals surface area (Å²) in [6.45, 7) is 12.1. The number of carbonyl (C=O) groups is 2. The first-order chi connectivity index (χ1) is 16.6. The molecule has 0 radical (unpaired) electrons. The van der Waals surface area contributed by atoms with Crippen LogP contribution in [-0.4, -0.2) is 23.4 Å². The molecule has 35 heavy (non-hydrogen) atoms. The van der Waals surface area contributed by atoms with Crippen molar-refractivity contribution >= 4 is 23.1 Å². The van der Waals surface area contributed by atoms with Crippen molar-refractivity contribution in [3.05, 3.63) is 87.9 Å². The summed E-state index contributed by atoms with van der Waals surface area (Å²) < 4.78 is 11.7. The molecule has 1 amide bonds. The molecule has 1 N–H and O–H groups in total. The number of aliphatic hydroxyl groups is 1. The van der Waals surface area contributed by atoms with Crippen molar-refractivity contribution in [2.45, 2.75) is 53.5 Å². The average Bonchev–Trinajstić information content (AvgIpc) is 3.36. The van der Waals surface area contributed by atoms with Crippen molar-refractivity contribution in [2.75, 3.05) is 11.5 Å². The molecular weight excluding hydrogens is 442 g/mol. The van der Waals surface area contributed by atoms with E-state index in [0.717, 1.165) is 22.4 Å². The number of ether oxygens (including phenoxy) is 1. The van der Waals surface area contributed by atoms with Gasteiger partial charge in [0.05, 0.1) is 12.2 Å². The summed E-state index contributed by atoms with van der Waals surface area (Å²) >= 11 is 0. The number of aryl methyl sites for hydroxylation is 3. The number of anilines is 1. The zero-order valence-electron chi connectivity index (χ0n) is 21.0. The zero-order chi connectivity index (χ0) is 25.4. The van der Waals surface area contributed by atoms with Crippen LogP contribution in [0, 0.1) is 20.8 Å². The maximum atomic E-state index is 13.4. The van der Waals surface area contributed by atoms with Crippen molar-refractivity contribution in [1.82, 2.24) is 0 Å². The standard InChI is InChI=1S/C29H31NO5/c1-7-34-23-13-11-20(15-21(23)16(2)3)27(31)25-26(24-12-10-19(6)35-24)30(29(33)28(25)32)22-14-17(4)8-9-18(22)5/h8-16,26,31H,7H2,1-6H3/b27-25-. The van der Waals surface area contributed by atoms with Gasteiger partial charge in [0.15, 0.2) is 0 Å². The van der Waals surface area contributed by atoms with Gasteiger partial charge in [-0.05, 0) is 86.7 Å². The van der Waals surface area contributed by atoms with Gasteiger partial charge in [0, 0.05) is 11.3 Å². The molecule has 6 nitrogen and oxygen atoms in total. The Kier molecular flexibility index (Phi) is 6.57. The number of aliphatic hydroxyl groups excluding tert-OH is 1. The van der Waals surface area contributed by atoms with E-state index in [9.17, 15) is 14.7 Å². The molecule has 4 rings (SSSR count). The van der Waals surface area contributed by atoms with Crippen LogP contribution in [0.15, 0.2) is 58.5 Å². The fourth-order valence-corrected chi connectivity index (χ4v) is 4.52. The van der Waals surface area contributed by atoms with Crippen LogP contribution in [0.5, 0.6) is 5.75 Å². The summed E-state index contributed by atoms with van der Waals surface area (Å²) in [6, 6.07) is 13.7. The zero-order valence-corrected chi connectivity index (χ0v) is 21.0. The van der Waals surface area contributed by atoms with Crippen molar-refractivity contribution in [3.8, 4) is 5.75 Å². The highest BCUT2D eigenvalue weighted by molar-refractivity contribution is 6.51. The fraction of sp³-hybridized carbons (Fsp3) is 0.310. The lowest BCUT2D eigenvalue weighted by Crippen LogP contribution is -2.30. The van der Waals surface area contributed by atoms with Gasteiger partial charge in [0.25, 0.3) is 11.7 Å². The minimum Gasteiger partial charge on any atom is -0.507 e. The maximum Gasteiger partial charge on any atom is 0.300 e. The molecule has 0 saturated carbocycles. The molecule has 1 atom stereocenters. The van der Waals surface area contributed by atoms with Gasteiger partial charge >= 0.3 is 0 Å². The van der Waals surface area contributed by atoms with Crippen LogP contribution < -0.4 is 9.64 Å². The van der Waals surface area contributed by atoms with Crippen LogP contribution in [0.25, 0.3) is 5.76 Å². The smallest absolute Gasteiger partial charge is 0.300 e. The highest BCUT2D eigenvalue weighted by Gasteiger charge is 2.48. The molecule has 0 bridgehead atoms. The number of benzene rings is 2. The van der Waals surface area contributed by atoms with Crippen molar-refractivity contribution in [1.29, 1.82) is 0 Å². The highest BCUT2D eigenvalue weighted by atomic mass is 16.5. The molecule has 1 unspecified atom stereocenters. The van der Waals surface area contributed by atoms with E-state index in [0.29, 0.717) is 29.4 Å². The van der Waals surface area contributed by atoms with E-state index >= 15 is 0 Å². The van der Waals surface area contributed by atoms with E-state index in [4.69, 9.17) is 9.15 Å². The first kappa shape index (κ1) is 24.3. The molecule has 1 aliphatic heterocycles. The number of hydrogen-bond donors (Lipinski definition) is 1. The van der Waals surface area contributed by atoms with Gasteiger partial charge in [-0.2, -0.15) is 0 Å². The van der Waals surface area contributed by atoms with Crippen molar-refractivity contribution in [3.63, 3.8) is 0 Å². The third kappa shape index (κ3) is 4.36. The fourth-order valence-electron chi connectivity index (χ4n) is 4.52. The molecule has 1 saturated heterocycles. The lowest BCUT2D eigenvalue weighted by atomic mass is 9.95. The van der Waals surface area contributed by atoms with Gasteiger partial charge in [-0.15, -0.1) is 0 Å². The second-order valence-electron chi connectivity index (χ2n) is 9.25. The molecular formula is C29H31NO5. The second-order valence-corrected chi connectivity index (χ2v) is 9.25. The van der Waals surface area contributed by atoms with Crippen LogP contribution in [0.1, 0.15) is 66.5 Å². The number of Topliss-reactive ketones (excluding diaryl/α,β-unsaturated/α-hetero) is 1. The Morgan fingerprint density at radius 3 is 2.43 bits per heavy atom. The number of hydrogen-bond acceptors (Lipinski definition) is 5. The third-order valence-corrected chi connectivity index (χ3v) is 6.30. The van der Waals surface area contributed by atoms with Gasteiger partial charge in [-0.25, -0.2) is 0 Å². The Morgan fingerprint density at radius 2 is 1.80 bits per heavy atom. The Hall–Kier alpha value is -3.80. The first-order valence-electron chi connectivity index (χ1n) is 11.9. The minimum atomic E-state index is -0.890. The predicted octanol–water partition coefficient (Wildman–Crippen LogP) is 6.35. The van der Waals surface area contributed by atoms with E-state index in [1.165, 1.54) is 4.90 Å². The topological polar surface area (TPSA) is 80.0 Å². The lowest BCUT2D eigenvalue weighted by Gasteiger charge is -2.25.